The fraction of sp³-hybridized carbons (Fsp3) is 0.786. The predicted octanol–water partition coefficient (Wildman–Crippen LogP) is 3.38. The molecule has 0 aromatic carbocycles. The molecule has 0 aliphatic heterocycles. The summed E-state index contributed by atoms with van der Waals surface area (Å²) in [6.45, 7) is 2.22. The molecule has 0 atom stereocenters. The van der Waals surface area contributed by atoms with Crippen LogP contribution in [0.15, 0.2) is 4.42 Å². The summed E-state index contributed by atoms with van der Waals surface area (Å²) in [6.07, 6.45) is 9.92. The van der Waals surface area contributed by atoms with E-state index in [0.29, 0.717) is 18.2 Å². The molecule has 0 unspecified atom stereocenters. The Labute approximate surface area is 114 Å². The van der Waals surface area contributed by atoms with Gasteiger partial charge in [0.1, 0.15) is 0 Å². The first-order valence-electron chi connectivity index (χ1n) is 7.25. The molecule has 1 N–H and O–H groups in total. The third kappa shape index (κ3) is 7.59. The summed E-state index contributed by atoms with van der Waals surface area (Å²) < 4.78 is 5.39. The van der Waals surface area contributed by atoms with Gasteiger partial charge in [0.05, 0.1) is 6.42 Å². The molecule has 1 heterocycles. The monoisotopic (exact) mass is 268 g/mol. The Kier molecular flexibility index (Phi) is 7.86. The number of carbonyl (C=O) groups is 1. The van der Waals surface area contributed by atoms with E-state index in [4.69, 9.17) is 9.52 Å². The van der Waals surface area contributed by atoms with E-state index in [1.54, 1.807) is 0 Å². The molecule has 0 saturated heterocycles. The van der Waals surface area contributed by atoms with E-state index in [9.17, 15) is 4.79 Å². The zero-order valence-electron chi connectivity index (χ0n) is 11.7. The highest BCUT2D eigenvalue weighted by atomic mass is 16.4. The van der Waals surface area contributed by atoms with Gasteiger partial charge in [0.2, 0.25) is 11.8 Å². The molecule has 1 aromatic rings. The maximum absolute atomic E-state index is 10.4. The first kappa shape index (κ1) is 15.7. The van der Waals surface area contributed by atoms with Gasteiger partial charge in [-0.3, -0.25) is 4.79 Å². The van der Waals surface area contributed by atoms with Crippen LogP contribution in [0.1, 0.15) is 70.1 Å². The van der Waals surface area contributed by atoms with E-state index in [0.717, 1.165) is 12.8 Å². The number of aryl methyl sites for hydroxylation is 2. The molecule has 0 spiro atoms. The van der Waals surface area contributed by atoms with Crippen LogP contribution in [0.3, 0.4) is 0 Å². The Morgan fingerprint density at radius 1 is 1.00 bits per heavy atom. The molecular weight excluding hydrogens is 244 g/mol. The number of aliphatic carboxylic acids is 1. The number of carboxylic acid groups (broad SMARTS) is 1. The normalized spacial score (nSPS) is 10.8. The van der Waals surface area contributed by atoms with E-state index in [2.05, 4.69) is 17.1 Å². The Balaban J connectivity index is 2.07. The van der Waals surface area contributed by atoms with Crippen molar-refractivity contribution in [3.05, 3.63) is 11.8 Å². The Bertz CT molecular complexity index is 363. The topological polar surface area (TPSA) is 76.2 Å². The number of aromatic nitrogens is 2. The second kappa shape index (κ2) is 9.53. The predicted molar refractivity (Wildman–Crippen MR) is 72.0 cm³/mol. The number of unbranched alkanes of at least 4 members (excludes halogenated alkanes) is 6. The zero-order valence-corrected chi connectivity index (χ0v) is 11.7. The lowest BCUT2D eigenvalue weighted by molar-refractivity contribution is -0.137. The van der Waals surface area contributed by atoms with E-state index in [1.165, 1.54) is 38.5 Å². The van der Waals surface area contributed by atoms with Crippen molar-refractivity contribution in [2.75, 3.05) is 0 Å². The lowest BCUT2D eigenvalue weighted by atomic mass is 10.1. The van der Waals surface area contributed by atoms with Gasteiger partial charge in [-0.15, -0.1) is 10.2 Å². The molecule has 0 amide bonds. The van der Waals surface area contributed by atoms with Gasteiger partial charge in [-0.05, 0) is 6.42 Å². The molecule has 0 aliphatic rings. The fourth-order valence-electron chi connectivity index (χ4n) is 1.94. The Morgan fingerprint density at radius 3 is 2.21 bits per heavy atom. The van der Waals surface area contributed by atoms with Crippen molar-refractivity contribution in [3.8, 4) is 0 Å². The summed E-state index contributed by atoms with van der Waals surface area (Å²) in [5.74, 6) is 0.223. The van der Waals surface area contributed by atoms with Gasteiger partial charge < -0.3 is 9.52 Å². The van der Waals surface area contributed by atoms with Crippen LogP contribution >= 0.6 is 0 Å². The van der Waals surface area contributed by atoms with Crippen molar-refractivity contribution in [1.82, 2.24) is 10.2 Å². The summed E-state index contributed by atoms with van der Waals surface area (Å²) >= 11 is 0. The van der Waals surface area contributed by atoms with Gasteiger partial charge in [0, 0.05) is 12.8 Å². The van der Waals surface area contributed by atoms with E-state index >= 15 is 0 Å². The molecular formula is C14H24N2O3. The van der Waals surface area contributed by atoms with Crippen LogP contribution in [-0.2, 0) is 17.6 Å². The molecule has 0 fully saturated rings. The van der Waals surface area contributed by atoms with E-state index < -0.39 is 5.97 Å². The molecule has 1 rings (SSSR count). The van der Waals surface area contributed by atoms with E-state index in [-0.39, 0.29) is 6.42 Å². The first-order chi connectivity index (χ1) is 9.22. The molecule has 19 heavy (non-hydrogen) atoms. The number of rotatable bonds is 11. The third-order valence-electron chi connectivity index (χ3n) is 3.06. The minimum absolute atomic E-state index is 0.0407. The van der Waals surface area contributed by atoms with Crippen molar-refractivity contribution in [2.24, 2.45) is 0 Å². The van der Waals surface area contributed by atoms with Gasteiger partial charge in [-0.1, -0.05) is 45.4 Å². The molecule has 0 radical (unpaired) electrons. The van der Waals surface area contributed by atoms with E-state index in [1.807, 2.05) is 0 Å². The van der Waals surface area contributed by atoms with Gasteiger partial charge in [0.15, 0.2) is 0 Å². The SMILES string of the molecule is CCCCCCCCCc1nnc(CCC(=O)O)o1. The summed E-state index contributed by atoms with van der Waals surface area (Å²) in [5, 5.41) is 16.3. The Hall–Kier alpha value is -1.39. The molecule has 108 valence electrons. The van der Waals surface area contributed by atoms with Crippen LogP contribution in [0.4, 0.5) is 0 Å². The van der Waals surface area contributed by atoms with Crippen LogP contribution in [0.5, 0.6) is 0 Å². The standard InChI is InChI=1S/C14H24N2O3/c1-2-3-4-5-6-7-8-9-12-15-16-13(19-12)10-11-14(17)18/h2-11H2,1H3,(H,17,18). The fourth-order valence-corrected chi connectivity index (χ4v) is 1.94. The number of carboxylic acids is 1. The maximum atomic E-state index is 10.4. The second-order valence-electron chi connectivity index (χ2n) is 4.85. The summed E-state index contributed by atoms with van der Waals surface area (Å²) in [4.78, 5) is 10.4. The molecule has 0 bridgehead atoms. The zero-order chi connectivity index (χ0) is 13.9. The van der Waals surface area contributed by atoms with Crippen molar-refractivity contribution >= 4 is 5.97 Å². The van der Waals surface area contributed by atoms with Gasteiger partial charge in [-0.25, -0.2) is 0 Å². The van der Waals surface area contributed by atoms with Crippen molar-refractivity contribution < 1.29 is 14.3 Å². The minimum atomic E-state index is -0.841. The maximum Gasteiger partial charge on any atom is 0.303 e. The average Bonchev–Trinajstić information content (AvgIpc) is 2.83. The number of nitrogens with zero attached hydrogens (tertiary/aromatic N) is 2. The van der Waals surface area contributed by atoms with Crippen LogP contribution in [-0.4, -0.2) is 21.3 Å². The first-order valence-corrected chi connectivity index (χ1v) is 7.25. The van der Waals surface area contributed by atoms with Crippen LogP contribution < -0.4 is 0 Å². The quantitative estimate of drug-likeness (QED) is 0.622. The highest BCUT2D eigenvalue weighted by molar-refractivity contribution is 5.66. The minimum Gasteiger partial charge on any atom is -0.481 e. The number of hydrogen-bond acceptors (Lipinski definition) is 4. The summed E-state index contributed by atoms with van der Waals surface area (Å²) in [7, 11) is 0. The molecule has 1 aromatic heterocycles. The van der Waals surface area contributed by atoms with Crippen molar-refractivity contribution in [1.29, 1.82) is 0 Å². The lowest BCUT2D eigenvalue weighted by Gasteiger charge is -1.99. The second-order valence-corrected chi connectivity index (χ2v) is 4.85. The highest BCUT2D eigenvalue weighted by Crippen LogP contribution is 2.10. The van der Waals surface area contributed by atoms with Gasteiger partial charge in [-0.2, -0.15) is 0 Å². The molecule has 5 nitrogen and oxygen atoms in total. The third-order valence-corrected chi connectivity index (χ3v) is 3.06. The molecule has 5 heteroatoms. The van der Waals surface area contributed by atoms with Gasteiger partial charge in [0.25, 0.3) is 0 Å². The average molecular weight is 268 g/mol. The molecule has 0 aliphatic carbocycles. The van der Waals surface area contributed by atoms with Gasteiger partial charge >= 0.3 is 5.97 Å². The van der Waals surface area contributed by atoms with Crippen LogP contribution in [0.25, 0.3) is 0 Å². The lowest BCUT2D eigenvalue weighted by Crippen LogP contribution is -1.97. The Morgan fingerprint density at radius 2 is 1.58 bits per heavy atom. The van der Waals surface area contributed by atoms with Crippen molar-refractivity contribution in [3.63, 3.8) is 0 Å². The largest absolute Gasteiger partial charge is 0.481 e. The summed E-state index contributed by atoms with van der Waals surface area (Å²) in [5.41, 5.74) is 0. The van der Waals surface area contributed by atoms with Crippen molar-refractivity contribution in [2.45, 2.75) is 71.1 Å². The molecule has 0 saturated carbocycles. The number of hydrogen-bond donors (Lipinski definition) is 1. The summed E-state index contributed by atoms with van der Waals surface area (Å²) in [6, 6.07) is 0. The van der Waals surface area contributed by atoms with Crippen LogP contribution in [0, 0.1) is 0 Å². The van der Waals surface area contributed by atoms with Crippen LogP contribution in [0.2, 0.25) is 0 Å². The smallest absolute Gasteiger partial charge is 0.303 e. The highest BCUT2D eigenvalue weighted by Gasteiger charge is 2.07.